The maximum atomic E-state index is 5.48. The second kappa shape index (κ2) is 5.62. The van der Waals surface area contributed by atoms with Crippen LogP contribution in [0, 0.1) is 0 Å². The zero-order valence-electron chi connectivity index (χ0n) is 9.32. The number of morpholine rings is 1. The van der Waals surface area contributed by atoms with Crippen molar-refractivity contribution >= 4 is 22.0 Å². The number of ether oxygens (including phenoxy) is 1. The molecule has 0 amide bonds. The molecule has 1 aromatic rings. The molecule has 1 heterocycles. The molecule has 0 bridgehead atoms. The summed E-state index contributed by atoms with van der Waals surface area (Å²) in [6, 6.07) is 9.04. The summed E-state index contributed by atoms with van der Waals surface area (Å²) in [6.07, 6.45) is 4.30. The van der Waals surface area contributed by atoms with Crippen LogP contribution in [0.15, 0.2) is 34.8 Å². The average molecular weight is 282 g/mol. The minimum atomic E-state index is 0.326. The predicted octanol–water partition coefficient (Wildman–Crippen LogP) is 2.84. The van der Waals surface area contributed by atoms with Crippen LogP contribution in [0.3, 0.4) is 0 Å². The van der Waals surface area contributed by atoms with Crippen LogP contribution >= 0.6 is 15.9 Å². The molecule has 2 atom stereocenters. The Labute approximate surface area is 105 Å². The van der Waals surface area contributed by atoms with Gasteiger partial charge in [-0.1, -0.05) is 40.2 Å². The standard InChI is InChI=1S/C13H16BrNO/c1-10-8-16-9-13(15-10)7-4-11-2-5-12(14)6-3-11/h2-7,10,13,15H,8-9H2,1H3/b7-4+. The monoisotopic (exact) mass is 281 g/mol. The maximum Gasteiger partial charge on any atom is 0.0656 e. The second-order valence-corrected chi connectivity index (χ2v) is 5.04. The Bertz CT molecular complexity index is 361. The summed E-state index contributed by atoms with van der Waals surface area (Å²) in [4.78, 5) is 0. The lowest BCUT2D eigenvalue weighted by Crippen LogP contribution is -2.46. The molecule has 0 radical (unpaired) electrons. The lowest BCUT2D eigenvalue weighted by Gasteiger charge is -2.26. The van der Waals surface area contributed by atoms with Crippen LogP contribution in [0.5, 0.6) is 0 Å². The fraction of sp³-hybridized carbons (Fsp3) is 0.385. The highest BCUT2D eigenvalue weighted by Gasteiger charge is 2.14. The van der Waals surface area contributed by atoms with Gasteiger partial charge in [-0.2, -0.15) is 0 Å². The summed E-state index contributed by atoms with van der Waals surface area (Å²) < 4.78 is 6.59. The van der Waals surface area contributed by atoms with Crippen molar-refractivity contribution in [2.75, 3.05) is 13.2 Å². The summed E-state index contributed by atoms with van der Waals surface area (Å²) >= 11 is 3.42. The number of nitrogens with one attached hydrogen (secondary N) is 1. The van der Waals surface area contributed by atoms with Crippen molar-refractivity contribution in [2.24, 2.45) is 0 Å². The molecule has 2 rings (SSSR count). The summed E-state index contributed by atoms with van der Waals surface area (Å²) in [5, 5.41) is 3.48. The fourth-order valence-corrected chi connectivity index (χ4v) is 2.01. The smallest absolute Gasteiger partial charge is 0.0656 e. The van der Waals surface area contributed by atoms with E-state index in [-0.39, 0.29) is 0 Å². The first kappa shape index (κ1) is 11.8. The van der Waals surface area contributed by atoms with Gasteiger partial charge < -0.3 is 10.1 Å². The Morgan fingerprint density at radius 1 is 1.31 bits per heavy atom. The van der Waals surface area contributed by atoms with Gasteiger partial charge in [0.15, 0.2) is 0 Å². The van der Waals surface area contributed by atoms with Gasteiger partial charge in [-0.05, 0) is 24.6 Å². The maximum absolute atomic E-state index is 5.48. The number of hydrogen-bond acceptors (Lipinski definition) is 2. The molecule has 0 spiro atoms. The lowest BCUT2D eigenvalue weighted by molar-refractivity contribution is 0.0637. The van der Waals surface area contributed by atoms with Gasteiger partial charge in [0, 0.05) is 16.6 Å². The fourth-order valence-electron chi connectivity index (χ4n) is 1.75. The van der Waals surface area contributed by atoms with Crippen molar-refractivity contribution in [1.29, 1.82) is 0 Å². The zero-order valence-corrected chi connectivity index (χ0v) is 10.9. The topological polar surface area (TPSA) is 21.3 Å². The quantitative estimate of drug-likeness (QED) is 0.900. The van der Waals surface area contributed by atoms with E-state index >= 15 is 0 Å². The van der Waals surface area contributed by atoms with E-state index in [9.17, 15) is 0 Å². The van der Waals surface area contributed by atoms with Gasteiger partial charge in [0.1, 0.15) is 0 Å². The molecule has 1 saturated heterocycles. The SMILES string of the molecule is CC1COCC(/C=C/c2ccc(Br)cc2)N1. The van der Waals surface area contributed by atoms with E-state index in [1.54, 1.807) is 0 Å². The highest BCUT2D eigenvalue weighted by molar-refractivity contribution is 9.10. The predicted molar refractivity (Wildman–Crippen MR) is 70.4 cm³/mol. The van der Waals surface area contributed by atoms with E-state index < -0.39 is 0 Å². The van der Waals surface area contributed by atoms with Crippen molar-refractivity contribution in [3.05, 3.63) is 40.4 Å². The molecule has 2 nitrogen and oxygen atoms in total. The zero-order chi connectivity index (χ0) is 11.4. The minimum absolute atomic E-state index is 0.326. The van der Waals surface area contributed by atoms with Crippen molar-refractivity contribution in [3.8, 4) is 0 Å². The van der Waals surface area contributed by atoms with Crippen LogP contribution in [0.2, 0.25) is 0 Å². The van der Waals surface area contributed by atoms with Gasteiger partial charge in [0.25, 0.3) is 0 Å². The molecule has 0 aliphatic carbocycles. The van der Waals surface area contributed by atoms with Gasteiger partial charge in [0.2, 0.25) is 0 Å². The molecule has 1 N–H and O–H groups in total. The second-order valence-electron chi connectivity index (χ2n) is 4.12. The van der Waals surface area contributed by atoms with Crippen LogP contribution in [0.1, 0.15) is 12.5 Å². The third kappa shape index (κ3) is 3.44. The van der Waals surface area contributed by atoms with E-state index in [1.807, 2.05) is 12.1 Å². The summed E-state index contributed by atoms with van der Waals surface area (Å²) in [6.45, 7) is 3.71. The Hall–Kier alpha value is -0.640. The van der Waals surface area contributed by atoms with E-state index in [1.165, 1.54) is 5.56 Å². The number of hydrogen-bond donors (Lipinski definition) is 1. The van der Waals surface area contributed by atoms with Crippen molar-refractivity contribution in [2.45, 2.75) is 19.0 Å². The van der Waals surface area contributed by atoms with Gasteiger partial charge >= 0.3 is 0 Å². The van der Waals surface area contributed by atoms with E-state index in [2.05, 4.69) is 52.5 Å². The molecule has 86 valence electrons. The molecule has 0 saturated carbocycles. The van der Waals surface area contributed by atoms with Crippen molar-refractivity contribution in [1.82, 2.24) is 5.32 Å². The first-order valence-electron chi connectivity index (χ1n) is 5.51. The van der Waals surface area contributed by atoms with E-state index in [0.717, 1.165) is 17.7 Å². The summed E-state index contributed by atoms with van der Waals surface area (Å²) in [5.41, 5.74) is 1.21. The van der Waals surface area contributed by atoms with E-state index in [0.29, 0.717) is 12.1 Å². The van der Waals surface area contributed by atoms with Gasteiger partial charge in [-0.25, -0.2) is 0 Å². The van der Waals surface area contributed by atoms with Crippen LogP contribution in [-0.2, 0) is 4.74 Å². The molecule has 2 unspecified atom stereocenters. The Morgan fingerprint density at radius 2 is 2.06 bits per heavy atom. The molecule has 0 aromatic heterocycles. The van der Waals surface area contributed by atoms with Gasteiger partial charge in [-0.15, -0.1) is 0 Å². The molecular formula is C13H16BrNO. The first-order chi connectivity index (χ1) is 7.74. The Morgan fingerprint density at radius 3 is 2.75 bits per heavy atom. The summed E-state index contributed by atoms with van der Waals surface area (Å²) in [5.74, 6) is 0. The van der Waals surface area contributed by atoms with Gasteiger partial charge in [0.05, 0.1) is 13.2 Å². The highest BCUT2D eigenvalue weighted by atomic mass is 79.9. The largest absolute Gasteiger partial charge is 0.378 e. The van der Waals surface area contributed by atoms with Crippen LogP contribution in [0.4, 0.5) is 0 Å². The van der Waals surface area contributed by atoms with Crippen LogP contribution in [-0.4, -0.2) is 25.3 Å². The highest BCUT2D eigenvalue weighted by Crippen LogP contribution is 2.12. The van der Waals surface area contributed by atoms with Crippen molar-refractivity contribution < 1.29 is 4.74 Å². The third-order valence-electron chi connectivity index (χ3n) is 2.55. The van der Waals surface area contributed by atoms with Crippen LogP contribution < -0.4 is 5.32 Å². The third-order valence-corrected chi connectivity index (χ3v) is 3.08. The number of rotatable bonds is 2. The molecular weight excluding hydrogens is 266 g/mol. The molecule has 1 aliphatic rings. The van der Waals surface area contributed by atoms with E-state index in [4.69, 9.17) is 4.74 Å². The van der Waals surface area contributed by atoms with Crippen molar-refractivity contribution in [3.63, 3.8) is 0 Å². The minimum Gasteiger partial charge on any atom is -0.378 e. The molecule has 1 fully saturated rings. The average Bonchev–Trinajstić information content (AvgIpc) is 2.28. The first-order valence-corrected chi connectivity index (χ1v) is 6.31. The molecule has 1 aliphatic heterocycles. The summed E-state index contributed by atoms with van der Waals surface area (Å²) in [7, 11) is 0. The van der Waals surface area contributed by atoms with Crippen LogP contribution in [0.25, 0.3) is 6.08 Å². The molecule has 16 heavy (non-hydrogen) atoms. The Kier molecular flexibility index (Phi) is 4.16. The lowest BCUT2D eigenvalue weighted by atomic mass is 10.1. The van der Waals surface area contributed by atoms with Gasteiger partial charge in [-0.3, -0.25) is 0 Å². The molecule has 3 heteroatoms. The molecule has 1 aromatic carbocycles. The normalized spacial score (nSPS) is 26.1. The Balaban J connectivity index is 1.95. The number of halogens is 1. The number of benzene rings is 1.